The van der Waals surface area contributed by atoms with Crippen LogP contribution in [-0.2, 0) is 11.3 Å². The highest BCUT2D eigenvalue weighted by Gasteiger charge is 2.37. The van der Waals surface area contributed by atoms with Gasteiger partial charge in [-0.25, -0.2) is 4.39 Å². The Labute approximate surface area is 109 Å². The van der Waals surface area contributed by atoms with Gasteiger partial charge in [0.1, 0.15) is 5.82 Å². The fourth-order valence-corrected chi connectivity index (χ4v) is 2.35. The van der Waals surface area contributed by atoms with Gasteiger partial charge in [0, 0.05) is 5.56 Å². The number of para-hydroxylation sites is 1. The third kappa shape index (κ3) is 1.90. The van der Waals surface area contributed by atoms with Crippen molar-refractivity contribution >= 4 is 11.6 Å². The largest absolute Gasteiger partial charge is 0.378 e. The summed E-state index contributed by atoms with van der Waals surface area (Å²) in [5.74, 6) is -0.970. The van der Waals surface area contributed by atoms with Crippen molar-refractivity contribution in [3.63, 3.8) is 0 Å². The zero-order chi connectivity index (χ0) is 13.4. The second kappa shape index (κ2) is 4.48. The first-order chi connectivity index (χ1) is 9.18. The molecule has 3 nitrogen and oxygen atoms in total. The summed E-state index contributed by atoms with van der Waals surface area (Å²) in [4.78, 5) is 13.3. The van der Waals surface area contributed by atoms with E-state index < -0.39 is 17.8 Å². The number of amides is 1. The van der Waals surface area contributed by atoms with Gasteiger partial charge in [-0.1, -0.05) is 42.5 Å². The summed E-state index contributed by atoms with van der Waals surface area (Å²) in [7, 11) is 0. The topological polar surface area (TPSA) is 40.5 Å². The van der Waals surface area contributed by atoms with E-state index in [0.29, 0.717) is 5.56 Å². The Balaban J connectivity index is 2.02. The fraction of sp³-hybridized carbons (Fsp3) is 0.133. The zero-order valence-corrected chi connectivity index (χ0v) is 10.1. The molecule has 96 valence electrons. The van der Waals surface area contributed by atoms with Crippen LogP contribution in [0.1, 0.15) is 17.2 Å². The molecule has 0 saturated carbocycles. The number of halogens is 1. The third-order valence-electron chi connectivity index (χ3n) is 3.27. The smallest absolute Gasteiger partial charge is 0.260 e. The van der Waals surface area contributed by atoms with E-state index in [2.05, 4.69) is 0 Å². The quantitative estimate of drug-likeness (QED) is 0.897. The van der Waals surface area contributed by atoms with Crippen LogP contribution in [-0.4, -0.2) is 11.0 Å². The van der Waals surface area contributed by atoms with E-state index in [-0.39, 0.29) is 12.2 Å². The van der Waals surface area contributed by atoms with Crippen LogP contribution in [0.15, 0.2) is 48.5 Å². The molecule has 3 rings (SSSR count). The molecule has 0 radical (unpaired) electrons. The monoisotopic (exact) mass is 257 g/mol. The highest BCUT2D eigenvalue weighted by atomic mass is 19.1. The van der Waals surface area contributed by atoms with Gasteiger partial charge in [0.05, 0.1) is 12.2 Å². The molecule has 0 aromatic heterocycles. The molecule has 0 bridgehead atoms. The highest BCUT2D eigenvalue weighted by molar-refractivity contribution is 6.03. The number of aliphatic hydroxyl groups excluding tert-OH is 1. The van der Waals surface area contributed by atoms with E-state index in [0.717, 1.165) is 5.56 Å². The minimum atomic E-state index is -1.27. The maximum Gasteiger partial charge on any atom is 0.260 e. The van der Waals surface area contributed by atoms with Crippen LogP contribution in [0.25, 0.3) is 0 Å². The number of carbonyl (C=O) groups excluding carboxylic acids is 1. The van der Waals surface area contributed by atoms with Crippen LogP contribution >= 0.6 is 0 Å². The van der Waals surface area contributed by atoms with Gasteiger partial charge in [0.25, 0.3) is 5.91 Å². The molecule has 1 heterocycles. The van der Waals surface area contributed by atoms with Crippen molar-refractivity contribution in [3.05, 3.63) is 65.5 Å². The van der Waals surface area contributed by atoms with Gasteiger partial charge in [-0.15, -0.1) is 0 Å². The van der Waals surface area contributed by atoms with Gasteiger partial charge < -0.3 is 10.0 Å². The molecule has 2 aromatic carbocycles. The number of benzene rings is 2. The van der Waals surface area contributed by atoms with Gasteiger partial charge in [-0.2, -0.15) is 0 Å². The minimum absolute atomic E-state index is 0.184. The first-order valence-corrected chi connectivity index (χ1v) is 6.00. The van der Waals surface area contributed by atoms with Crippen LogP contribution in [0.4, 0.5) is 10.1 Å². The third-order valence-corrected chi connectivity index (χ3v) is 3.27. The summed E-state index contributed by atoms with van der Waals surface area (Å²) < 4.78 is 13.9. The molecule has 0 saturated heterocycles. The van der Waals surface area contributed by atoms with Crippen LogP contribution < -0.4 is 4.90 Å². The average Bonchev–Trinajstić information content (AvgIpc) is 2.67. The molecular formula is C15H12FNO2. The zero-order valence-electron chi connectivity index (χ0n) is 10.1. The number of hydrogen-bond acceptors (Lipinski definition) is 2. The second-order valence-corrected chi connectivity index (χ2v) is 4.49. The summed E-state index contributed by atoms with van der Waals surface area (Å²) in [6.45, 7) is 0.255. The molecule has 0 spiro atoms. The summed E-state index contributed by atoms with van der Waals surface area (Å²) in [6, 6.07) is 13.7. The number of nitrogens with zero attached hydrogens (tertiary/aromatic N) is 1. The Morgan fingerprint density at radius 2 is 1.84 bits per heavy atom. The van der Waals surface area contributed by atoms with Crippen LogP contribution in [0, 0.1) is 5.82 Å². The van der Waals surface area contributed by atoms with Crippen molar-refractivity contribution in [2.75, 3.05) is 4.90 Å². The van der Waals surface area contributed by atoms with Crippen molar-refractivity contribution in [2.24, 2.45) is 0 Å². The van der Waals surface area contributed by atoms with Gasteiger partial charge >= 0.3 is 0 Å². The molecule has 0 aliphatic carbocycles. The lowest BCUT2D eigenvalue weighted by Gasteiger charge is -2.17. The molecule has 1 unspecified atom stereocenters. The Morgan fingerprint density at radius 3 is 2.58 bits per heavy atom. The van der Waals surface area contributed by atoms with E-state index in [1.54, 1.807) is 6.07 Å². The molecule has 0 fully saturated rings. The van der Waals surface area contributed by atoms with E-state index in [1.807, 2.05) is 30.3 Å². The predicted octanol–water partition coefficient (Wildman–Crippen LogP) is 2.41. The molecule has 1 amide bonds. The van der Waals surface area contributed by atoms with Gasteiger partial charge in [0.15, 0.2) is 6.10 Å². The SMILES string of the molecule is O=C1C(O)c2cccc(F)c2N1Cc1ccccc1. The van der Waals surface area contributed by atoms with Crippen molar-refractivity contribution in [3.8, 4) is 0 Å². The van der Waals surface area contributed by atoms with Crippen LogP contribution in [0.3, 0.4) is 0 Å². The molecule has 19 heavy (non-hydrogen) atoms. The number of anilines is 1. The number of rotatable bonds is 2. The van der Waals surface area contributed by atoms with Crippen LogP contribution in [0.2, 0.25) is 0 Å². The fourth-order valence-electron chi connectivity index (χ4n) is 2.35. The Bertz CT molecular complexity index is 627. The van der Waals surface area contributed by atoms with Crippen molar-refractivity contribution < 1.29 is 14.3 Å². The minimum Gasteiger partial charge on any atom is -0.378 e. The Morgan fingerprint density at radius 1 is 1.11 bits per heavy atom. The molecule has 1 atom stereocenters. The van der Waals surface area contributed by atoms with E-state index in [1.165, 1.54) is 17.0 Å². The van der Waals surface area contributed by atoms with Crippen molar-refractivity contribution in [2.45, 2.75) is 12.6 Å². The number of fused-ring (bicyclic) bond motifs is 1. The summed E-state index contributed by atoms with van der Waals surface area (Å²) in [5, 5.41) is 9.86. The summed E-state index contributed by atoms with van der Waals surface area (Å²) in [5.41, 5.74) is 1.41. The van der Waals surface area contributed by atoms with Crippen molar-refractivity contribution in [1.29, 1.82) is 0 Å². The lowest BCUT2D eigenvalue weighted by atomic mass is 10.1. The molecule has 1 aliphatic rings. The standard InChI is InChI=1S/C15H12FNO2/c16-12-8-4-7-11-13(12)17(15(19)14(11)18)9-10-5-2-1-3-6-10/h1-8,14,18H,9H2. The van der Waals surface area contributed by atoms with E-state index >= 15 is 0 Å². The number of carbonyl (C=O) groups is 1. The lowest BCUT2D eigenvalue weighted by molar-refractivity contribution is -0.125. The average molecular weight is 257 g/mol. The molecular weight excluding hydrogens is 245 g/mol. The van der Waals surface area contributed by atoms with Gasteiger partial charge in [0.2, 0.25) is 0 Å². The van der Waals surface area contributed by atoms with Gasteiger partial charge in [-0.3, -0.25) is 4.79 Å². The maximum atomic E-state index is 13.9. The normalized spacial score (nSPS) is 17.7. The van der Waals surface area contributed by atoms with Crippen LogP contribution in [0.5, 0.6) is 0 Å². The van der Waals surface area contributed by atoms with Crippen molar-refractivity contribution in [1.82, 2.24) is 0 Å². The molecule has 1 aliphatic heterocycles. The Hall–Kier alpha value is -2.20. The second-order valence-electron chi connectivity index (χ2n) is 4.49. The first-order valence-electron chi connectivity index (χ1n) is 6.00. The molecule has 4 heteroatoms. The molecule has 2 aromatic rings. The lowest BCUT2D eigenvalue weighted by Crippen LogP contribution is -2.28. The number of hydrogen-bond donors (Lipinski definition) is 1. The number of aliphatic hydroxyl groups is 1. The molecule has 1 N–H and O–H groups in total. The van der Waals surface area contributed by atoms with Gasteiger partial charge in [-0.05, 0) is 11.6 Å². The highest BCUT2D eigenvalue weighted by Crippen LogP contribution is 2.38. The first kappa shape index (κ1) is 11.9. The summed E-state index contributed by atoms with van der Waals surface area (Å²) >= 11 is 0. The summed E-state index contributed by atoms with van der Waals surface area (Å²) in [6.07, 6.45) is -1.27. The van der Waals surface area contributed by atoms with E-state index in [9.17, 15) is 14.3 Å². The van der Waals surface area contributed by atoms with E-state index in [4.69, 9.17) is 0 Å². The Kier molecular flexibility index (Phi) is 2.80. The maximum absolute atomic E-state index is 13.9. The predicted molar refractivity (Wildman–Crippen MR) is 69.0 cm³/mol.